The summed E-state index contributed by atoms with van der Waals surface area (Å²) < 4.78 is 28.3. The highest BCUT2D eigenvalue weighted by molar-refractivity contribution is 8.01. The largest absolute Gasteiger partial charge is 0.299 e. The highest BCUT2D eigenvalue weighted by atomic mass is 32.2. The number of aryl methyl sites for hydroxylation is 1. The van der Waals surface area contributed by atoms with Gasteiger partial charge in [-0.2, -0.15) is 0 Å². The molecule has 7 nitrogen and oxygen atoms in total. The SMILES string of the molecule is CCSc1nnc(NC(=O)CN(c2ccccc2)S(=O)(=O)c2ccc(C)cc2)s1. The number of hydrogen-bond donors (Lipinski definition) is 1. The molecule has 0 saturated heterocycles. The molecule has 1 N–H and O–H groups in total. The third kappa shape index (κ3) is 5.34. The van der Waals surface area contributed by atoms with Gasteiger partial charge in [0.2, 0.25) is 11.0 Å². The Hall–Kier alpha value is -2.43. The summed E-state index contributed by atoms with van der Waals surface area (Å²) in [6.07, 6.45) is 0. The normalized spacial score (nSPS) is 11.2. The molecule has 0 aliphatic rings. The molecule has 10 heteroatoms. The molecule has 0 radical (unpaired) electrons. The van der Waals surface area contributed by atoms with Crippen LogP contribution in [0.3, 0.4) is 0 Å². The lowest BCUT2D eigenvalue weighted by Gasteiger charge is -2.23. The molecule has 0 spiro atoms. The summed E-state index contributed by atoms with van der Waals surface area (Å²) in [4.78, 5) is 12.7. The van der Waals surface area contributed by atoms with Crippen molar-refractivity contribution in [3.8, 4) is 0 Å². The number of nitrogens with zero attached hydrogens (tertiary/aromatic N) is 3. The van der Waals surface area contributed by atoms with E-state index in [1.807, 2.05) is 13.8 Å². The van der Waals surface area contributed by atoms with Crippen molar-refractivity contribution in [1.82, 2.24) is 10.2 Å². The highest BCUT2D eigenvalue weighted by Gasteiger charge is 2.27. The fourth-order valence-electron chi connectivity index (χ4n) is 2.48. The smallest absolute Gasteiger partial charge is 0.264 e. The highest BCUT2D eigenvalue weighted by Crippen LogP contribution is 2.26. The molecule has 0 aliphatic carbocycles. The second-order valence-corrected chi connectivity index (χ2v) is 10.4. The molecule has 0 atom stereocenters. The number of anilines is 2. The van der Waals surface area contributed by atoms with Crippen molar-refractivity contribution in [3.05, 3.63) is 60.2 Å². The Morgan fingerprint density at radius 3 is 2.45 bits per heavy atom. The Bertz CT molecular complexity index is 1070. The van der Waals surface area contributed by atoms with Crippen LogP contribution in [0.5, 0.6) is 0 Å². The van der Waals surface area contributed by atoms with Crippen molar-refractivity contribution in [2.24, 2.45) is 0 Å². The molecule has 1 heterocycles. The number of sulfonamides is 1. The van der Waals surface area contributed by atoms with Gasteiger partial charge in [-0.1, -0.05) is 65.9 Å². The predicted molar refractivity (Wildman–Crippen MR) is 117 cm³/mol. The fourth-order valence-corrected chi connectivity index (χ4v) is 5.56. The van der Waals surface area contributed by atoms with E-state index < -0.39 is 15.9 Å². The molecular formula is C19H20N4O3S3. The Kier molecular flexibility index (Phi) is 6.88. The van der Waals surface area contributed by atoms with Crippen LogP contribution >= 0.6 is 23.1 Å². The van der Waals surface area contributed by atoms with E-state index in [9.17, 15) is 13.2 Å². The van der Waals surface area contributed by atoms with Crippen LogP contribution in [-0.2, 0) is 14.8 Å². The number of hydrogen-bond acceptors (Lipinski definition) is 7. The van der Waals surface area contributed by atoms with Crippen LogP contribution in [-0.4, -0.2) is 36.8 Å². The van der Waals surface area contributed by atoms with Crippen molar-refractivity contribution < 1.29 is 13.2 Å². The quantitative estimate of drug-likeness (QED) is 0.416. The predicted octanol–water partition coefficient (Wildman–Crippen LogP) is 3.79. The summed E-state index contributed by atoms with van der Waals surface area (Å²) in [6.45, 7) is 3.50. The molecule has 3 rings (SSSR count). The van der Waals surface area contributed by atoms with E-state index in [4.69, 9.17) is 0 Å². The van der Waals surface area contributed by atoms with Gasteiger partial charge >= 0.3 is 0 Å². The van der Waals surface area contributed by atoms with Crippen LogP contribution in [0.4, 0.5) is 10.8 Å². The minimum Gasteiger partial charge on any atom is -0.299 e. The summed E-state index contributed by atoms with van der Waals surface area (Å²) in [5, 5.41) is 10.9. The topological polar surface area (TPSA) is 92.3 Å². The number of thioether (sulfide) groups is 1. The van der Waals surface area contributed by atoms with Crippen molar-refractivity contribution in [3.63, 3.8) is 0 Å². The summed E-state index contributed by atoms with van der Waals surface area (Å²) in [6, 6.07) is 15.1. The first-order chi connectivity index (χ1) is 13.9. The van der Waals surface area contributed by atoms with Crippen molar-refractivity contribution >= 4 is 49.8 Å². The monoisotopic (exact) mass is 448 g/mol. The van der Waals surface area contributed by atoms with E-state index in [0.29, 0.717) is 10.8 Å². The van der Waals surface area contributed by atoms with Crippen molar-refractivity contribution in [2.45, 2.75) is 23.1 Å². The molecule has 3 aromatic rings. The van der Waals surface area contributed by atoms with Gasteiger partial charge in [-0.3, -0.25) is 14.4 Å². The van der Waals surface area contributed by atoms with Gasteiger partial charge in [-0.05, 0) is 36.9 Å². The lowest BCUT2D eigenvalue weighted by molar-refractivity contribution is -0.114. The summed E-state index contributed by atoms with van der Waals surface area (Å²) in [5.74, 6) is 0.354. The first-order valence-electron chi connectivity index (χ1n) is 8.80. The third-order valence-electron chi connectivity index (χ3n) is 3.86. The number of benzene rings is 2. The van der Waals surface area contributed by atoms with E-state index in [1.165, 1.54) is 35.2 Å². The number of para-hydroxylation sites is 1. The Labute approximate surface area is 178 Å². The lowest BCUT2D eigenvalue weighted by Crippen LogP contribution is -2.38. The first kappa shape index (κ1) is 21.3. The molecule has 0 unspecified atom stereocenters. The van der Waals surface area contributed by atoms with Gasteiger partial charge in [0.05, 0.1) is 10.6 Å². The van der Waals surface area contributed by atoms with Gasteiger partial charge < -0.3 is 0 Å². The van der Waals surface area contributed by atoms with Gasteiger partial charge in [0.15, 0.2) is 4.34 Å². The van der Waals surface area contributed by atoms with E-state index in [-0.39, 0.29) is 11.4 Å². The molecular weight excluding hydrogens is 428 g/mol. The van der Waals surface area contributed by atoms with Crippen molar-refractivity contribution in [2.75, 3.05) is 21.9 Å². The van der Waals surface area contributed by atoms with Crippen LogP contribution in [0.1, 0.15) is 12.5 Å². The summed E-state index contributed by atoms with van der Waals surface area (Å²) in [5.41, 5.74) is 1.35. The second-order valence-electron chi connectivity index (χ2n) is 6.01. The molecule has 0 saturated carbocycles. The Morgan fingerprint density at radius 1 is 1.10 bits per heavy atom. The zero-order valence-electron chi connectivity index (χ0n) is 15.9. The van der Waals surface area contributed by atoms with E-state index in [1.54, 1.807) is 42.5 Å². The first-order valence-corrected chi connectivity index (χ1v) is 12.0. The standard InChI is InChI=1S/C19H20N4O3S3/c1-3-27-19-22-21-18(28-19)20-17(24)13-23(15-7-5-4-6-8-15)29(25,26)16-11-9-14(2)10-12-16/h4-12H,3,13H2,1-2H3,(H,20,21,24). The summed E-state index contributed by atoms with van der Waals surface area (Å²) in [7, 11) is -3.93. The molecule has 152 valence electrons. The van der Waals surface area contributed by atoms with Gasteiger partial charge in [-0.25, -0.2) is 8.42 Å². The van der Waals surface area contributed by atoms with Crippen LogP contribution in [0.2, 0.25) is 0 Å². The van der Waals surface area contributed by atoms with Gasteiger partial charge in [-0.15, -0.1) is 10.2 Å². The molecule has 1 aromatic heterocycles. The number of rotatable bonds is 8. The van der Waals surface area contributed by atoms with Crippen LogP contribution < -0.4 is 9.62 Å². The minimum atomic E-state index is -3.93. The maximum absolute atomic E-state index is 13.2. The molecule has 2 aromatic carbocycles. The van der Waals surface area contributed by atoms with Crippen LogP contribution in [0.25, 0.3) is 0 Å². The minimum absolute atomic E-state index is 0.123. The second kappa shape index (κ2) is 9.38. The van der Waals surface area contributed by atoms with Crippen LogP contribution in [0, 0.1) is 6.92 Å². The van der Waals surface area contributed by atoms with Gasteiger partial charge in [0, 0.05) is 0 Å². The van der Waals surface area contributed by atoms with Crippen LogP contribution in [0.15, 0.2) is 63.8 Å². The van der Waals surface area contributed by atoms with E-state index >= 15 is 0 Å². The maximum atomic E-state index is 13.2. The zero-order valence-corrected chi connectivity index (χ0v) is 18.4. The molecule has 0 aliphatic heterocycles. The maximum Gasteiger partial charge on any atom is 0.264 e. The average molecular weight is 449 g/mol. The number of carbonyl (C=O) groups is 1. The van der Waals surface area contributed by atoms with Crippen molar-refractivity contribution in [1.29, 1.82) is 0 Å². The lowest BCUT2D eigenvalue weighted by atomic mass is 10.2. The van der Waals surface area contributed by atoms with Gasteiger partial charge in [0.1, 0.15) is 6.54 Å². The summed E-state index contributed by atoms with van der Waals surface area (Å²) >= 11 is 2.78. The molecule has 1 amide bonds. The van der Waals surface area contributed by atoms with E-state index in [2.05, 4.69) is 15.5 Å². The fraction of sp³-hybridized carbons (Fsp3) is 0.211. The average Bonchev–Trinajstić information content (AvgIpc) is 3.14. The number of nitrogens with one attached hydrogen (secondary N) is 1. The Morgan fingerprint density at radius 2 is 1.79 bits per heavy atom. The van der Waals surface area contributed by atoms with Gasteiger partial charge in [0.25, 0.3) is 10.0 Å². The molecule has 29 heavy (non-hydrogen) atoms. The Balaban J connectivity index is 1.86. The zero-order chi connectivity index (χ0) is 20.9. The third-order valence-corrected chi connectivity index (χ3v) is 7.50. The number of carbonyl (C=O) groups excluding carboxylic acids is 1. The number of aromatic nitrogens is 2. The number of amides is 1. The van der Waals surface area contributed by atoms with E-state index in [0.717, 1.165) is 20.0 Å². The molecule has 0 bridgehead atoms. The molecule has 0 fully saturated rings.